The molecule has 1 atom stereocenters. The summed E-state index contributed by atoms with van der Waals surface area (Å²) in [6, 6.07) is 10.9. The zero-order valence-corrected chi connectivity index (χ0v) is 12.5. The zero-order valence-electron chi connectivity index (χ0n) is 12.5. The van der Waals surface area contributed by atoms with E-state index in [0.717, 1.165) is 25.1 Å². The summed E-state index contributed by atoms with van der Waals surface area (Å²) in [4.78, 5) is 2.35. The molecule has 0 heterocycles. The van der Waals surface area contributed by atoms with Gasteiger partial charge in [0.05, 0.1) is 11.6 Å². The van der Waals surface area contributed by atoms with Crippen molar-refractivity contribution in [1.82, 2.24) is 10.2 Å². The second-order valence-electron chi connectivity index (χ2n) is 5.34. The maximum atomic E-state index is 8.90. The molecule has 1 N–H and O–H groups in total. The fourth-order valence-electron chi connectivity index (χ4n) is 1.90. The predicted molar refractivity (Wildman–Crippen MR) is 80.0 cm³/mol. The van der Waals surface area contributed by atoms with Crippen molar-refractivity contribution < 1.29 is 0 Å². The molecule has 1 aromatic carbocycles. The summed E-state index contributed by atoms with van der Waals surface area (Å²) in [7, 11) is 2.16. The van der Waals surface area contributed by atoms with Crippen LogP contribution in [0, 0.1) is 11.3 Å². The lowest BCUT2D eigenvalue weighted by molar-refractivity contribution is 0.268. The van der Waals surface area contributed by atoms with Gasteiger partial charge >= 0.3 is 0 Å². The Hall–Kier alpha value is -1.37. The van der Waals surface area contributed by atoms with E-state index in [4.69, 9.17) is 5.26 Å². The third-order valence-electron chi connectivity index (χ3n) is 3.54. The number of nitrogens with zero attached hydrogens (tertiary/aromatic N) is 2. The fourth-order valence-corrected chi connectivity index (χ4v) is 1.90. The van der Waals surface area contributed by atoms with Crippen molar-refractivity contribution in [3.8, 4) is 6.07 Å². The molecule has 104 valence electrons. The number of hydrogen-bond acceptors (Lipinski definition) is 3. The molecule has 0 amide bonds. The third kappa shape index (κ3) is 5.42. The van der Waals surface area contributed by atoms with Crippen LogP contribution in [0.15, 0.2) is 24.3 Å². The second-order valence-corrected chi connectivity index (χ2v) is 5.34. The molecule has 0 bridgehead atoms. The molecule has 0 aliphatic carbocycles. The van der Waals surface area contributed by atoms with Gasteiger partial charge < -0.3 is 10.2 Å². The highest BCUT2D eigenvalue weighted by molar-refractivity contribution is 5.33. The van der Waals surface area contributed by atoms with Gasteiger partial charge in [-0.1, -0.05) is 12.1 Å². The van der Waals surface area contributed by atoms with Crippen LogP contribution in [0.1, 0.15) is 44.4 Å². The molecule has 0 aliphatic heterocycles. The van der Waals surface area contributed by atoms with Crippen LogP contribution in [0.4, 0.5) is 0 Å². The van der Waals surface area contributed by atoms with Gasteiger partial charge in [-0.2, -0.15) is 5.26 Å². The number of nitriles is 1. The van der Waals surface area contributed by atoms with Crippen LogP contribution < -0.4 is 5.32 Å². The van der Waals surface area contributed by atoms with Gasteiger partial charge in [0.2, 0.25) is 0 Å². The second kappa shape index (κ2) is 7.93. The van der Waals surface area contributed by atoms with Crippen molar-refractivity contribution in [2.75, 3.05) is 20.1 Å². The van der Waals surface area contributed by atoms with Crippen molar-refractivity contribution >= 4 is 0 Å². The van der Waals surface area contributed by atoms with Gasteiger partial charge in [-0.3, -0.25) is 0 Å². The highest BCUT2D eigenvalue weighted by Gasteiger charge is 2.06. The smallest absolute Gasteiger partial charge is 0.0991 e. The molecular weight excluding hydrogens is 234 g/mol. The first-order valence-corrected chi connectivity index (χ1v) is 6.98. The van der Waals surface area contributed by atoms with E-state index >= 15 is 0 Å². The highest BCUT2D eigenvalue weighted by Crippen LogP contribution is 2.13. The molecule has 19 heavy (non-hydrogen) atoms. The third-order valence-corrected chi connectivity index (χ3v) is 3.54. The molecule has 0 saturated heterocycles. The molecule has 3 nitrogen and oxygen atoms in total. The van der Waals surface area contributed by atoms with Gasteiger partial charge in [0.1, 0.15) is 0 Å². The first-order valence-electron chi connectivity index (χ1n) is 6.98. The summed E-state index contributed by atoms with van der Waals surface area (Å²) in [6.07, 6.45) is 1.14. The van der Waals surface area contributed by atoms with Crippen LogP contribution in [-0.2, 0) is 0 Å². The Balaban J connectivity index is 2.35. The van der Waals surface area contributed by atoms with Gasteiger partial charge in [-0.25, -0.2) is 0 Å². The number of hydrogen-bond donors (Lipinski definition) is 1. The van der Waals surface area contributed by atoms with Gasteiger partial charge in [0, 0.05) is 12.1 Å². The quantitative estimate of drug-likeness (QED) is 0.765. The number of rotatable bonds is 7. The minimum Gasteiger partial charge on any atom is -0.310 e. The fraction of sp³-hybridized carbons (Fsp3) is 0.562. The Morgan fingerprint density at radius 2 is 2.05 bits per heavy atom. The minimum absolute atomic E-state index is 0.289. The molecular formula is C16H25N3. The lowest BCUT2D eigenvalue weighted by Crippen LogP contribution is -2.30. The molecule has 0 fully saturated rings. The van der Waals surface area contributed by atoms with Gasteiger partial charge in [-0.05, 0) is 65.0 Å². The van der Waals surface area contributed by atoms with Gasteiger partial charge in [-0.15, -0.1) is 0 Å². The summed E-state index contributed by atoms with van der Waals surface area (Å²) in [6.45, 7) is 8.67. The summed E-state index contributed by atoms with van der Waals surface area (Å²) in [5.41, 5.74) is 1.90. The first-order chi connectivity index (χ1) is 9.04. The first kappa shape index (κ1) is 15.7. The van der Waals surface area contributed by atoms with E-state index < -0.39 is 0 Å². The Labute approximate surface area is 117 Å². The number of benzene rings is 1. The lowest BCUT2D eigenvalue weighted by Gasteiger charge is -2.21. The monoisotopic (exact) mass is 259 g/mol. The topological polar surface area (TPSA) is 39.1 Å². The van der Waals surface area contributed by atoms with Crippen molar-refractivity contribution in [3.63, 3.8) is 0 Å². The highest BCUT2D eigenvalue weighted by atomic mass is 15.1. The lowest BCUT2D eigenvalue weighted by atomic mass is 10.1. The molecule has 0 radical (unpaired) electrons. The summed E-state index contributed by atoms with van der Waals surface area (Å²) >= 11 is 0. The maximum Gasteiger partial charge on any atom is 0.0991 e. The summed E-state index contributed by atoms with van der Waals surface area (Å²) < 4.78 is 0. The Morgan fingerprint density at radius 1 is 1.32 bits per heavy atom. The van der Waals surface area contributed by atoms with E-state index in [1.807, 2.05) is 18.2 Å². The Morgan fingerprint density at radius 3 is 2.68 bits per heavy atom. The minimum atomic E-state index is 0.289. The van der Waals surface area contributed by atoms with E-state index in [-0.39, 0.29) is 6.04 Å². The average molecular weight is 259 g/mol. The standard InChI is InChI=1S/C16H25N3/c1-13(2)19(4)10-6-9-18-14(3)16-8-5-7-15(11-16)12-17/h5,7-8,11,13-14,18H,6,9-10H2,1-4H3. The van der Waals surface area contributed by atoms with Crippen molar-refractivity contribution in [1.29, 1.82) is 5.26 Å². The van der Waals surface area contributed by atoms with Crippen LogP contribution in [-0.4, -0.2) is 31.1 Å². The van der Waals surface area contributed by atoms with Gasteiger partial charge in [0.25, 0.3) is 0 Å². The molecule has 1 aromatic rings. The van der Waals surface area contributed by atoms with Crippen LogP contribution >= 0.6 is 0 Å². The normalized spacial score (nSPS) is 12.7. The molecule has 0 aliphatic rings. The van der Waals surface area contributed by atoms with Gasteiger partial charge in [0.15, 0.2) is 0 Å². The van der Waals surface area contributed by atoms with Crippen LogP contribution in [0.25, 0.3) is 0 Å². The van der Waals surface area contributed by atoms with E-state index in [2.05, 4.69) is 50.2 Å². The predicted octanol–water partition coefficient (Wildman–Crippen LogP) is 2.94. The molecule has 1 unspecified atom stereocenters. The summed E-state index contributed by atoms with van der Waals surface area (Å²) in [5.74, 6) is 0. The van der Waals surface area contributed by atoms with Crippen molar-refractivity contribution in [2.24, 2.45) is 0 Å². The van der Waals surface area contributed by atoms with Crippen LogP contribution in [0.2, 0.25) is 0 Å². The Kier molecular flexibility index (Phi) is 6.55. The van der Waals surface area contributed by atoms with E-state index in [0.29, 0.717) is 6.04 Å². The zero-order chi connectivity index (χ0) is 14.3. The van der Waals surface area contributed by atoms with Crippen molar-refractivity contribution in [3.05, 3.63) is 35.4 Å². The van der Waals surface area contributed by atoms with E-state index in [1.54, 1.807) is 0 Å². The summed E-state index contributed by atoms with van der Waals surface area (Å²) in [5, 5.41) is 12.4. The average Bonchev–Trinajstić information content (AvgIpc) is 2.42. The van der Waals surface area contributed by atoms with Crippen molar-refractivity contribution in [2.45, 2.75) is 39.3 Å². The molecule has 0 spiro atoms. The van der Waals surface area contributed by atoms with Crippen LogP contribution in [0.5, 0.6) is 0 Å². The SMILES string of the molecule is CC(NCCCN(C)C(C)C)c1cccc(C#N)c1. The molecule has 0 aromatic heterocycles. The number of nitrogens with one attached hydrogen (secondary N) is 1. The largest absolute Gasteiger partial charge is 0.310 e. The maximum absolute atomic E-state index is 8.90. The molecule has 3 heteroatoms. The van der Waals surface area contributed by atoms with E-state index in [9.17, 15) is 0 Å². The molecule has 1 rings (SSSR count). The Bertz CT molecular complexity index is 420. The van der Waals surface area contributed by atoms with E-state index in [1.165, 1.54) is 5.56 Å². The molecule has 0 saturated carbocycles. The van der Waals surface area contributed by atoms with Crippen LogP contribution in [0.3, 0.4) is 0 Å².